The molecule has 0 aromatic heterocycles. The number of benzene rings is 1. The molecule has 0 aliphatic carbocycles. The zero-order valence-corrected chi connectivity index (χ0v) is 13.8. The van der Waals surface area contributed by atoms with Gasteiger partial charge in [0.05, 0.1) is 22.1 Å². The Morgan fingerprint density at radius 2 is 1.85 bits per heavy atom. The van der Waals surface area contributed by atoms with E-state index in [9.17, 15) is 13.2 Å². The molecule has 0 aliphatic rings. The van der Waals surface area contributed by atoms with E-state index < -0.39 is 21.4 Å². The average Bonchev–Trinajstić information content (AvgIpc) is 2.27. The van der Waals surface area contributed by atoms with Gasteiger partial charge < -0.3 is 4.74 Å². The van der Waals surface area contributed by atoms with Crippen molar-refractivity contribution in [2.24, 2.45) is 0 Å². The van der Waals surface area contributed by atoms with E-state index in [1.807, 2.05) is 0 Å². The Morgan fingerprint density at radius 1 is 1.25 bits per heavy atom. The van der Waals surface area contributed by atoms with Gasteiger partial charge in [-0.05, 0) is 39.0 Å². The molecule has 1 rings (SSSR count). The van der Waals surface area contributed by atoms with Gasteiger partial charge in [0, 0.05) is 5.02 Å². The number of esters is 1. The molecule has 7 heteroatoms. The molecule has 0 fully saturated rings. The van der Waals surface area contributed by atoms with Crippen LogP contribution in [0.4, 0.5) is 0 Å². The molecule has 1 aromatic carbocycles. The third-order valence-electron chi connectivity index (χ3n) is 2.22. The molecular formula is C13H16Cl2O4S. The van der Waals surface area contributed by atoms with Crippen LogP contribution in [0, 0.1) is 0 Å². The van der Waals surface area contributed by atoms with Crippen LogP contribution < -0.4 is 0 Å². The fourth-order valence-corrected chi connectivity index (χ4v) is 3.47. The Bertz CT molecular complexity index is 603. The van der Waals surface area contributed by atoms with E-state index in [-0.39, 0.29) is 27.1 Å². The van der Waals surface area contributed by atoms with Crippen LogP contribution in [0.5, 0.6) is 0 Å². The number of halogens is 2. The van der Waals surface area contributed by atoms with Crippen molar-refractivity contribution in [3.05, 3.63) is 28.2 Å². The second kappa shape index (κ2) is 6.33. The average molecular weight is 339 g/mol. The number of sulfone groups is 1. The number of hydrogen-bond donors (Lipinski definition) is 0. The quantitative estimate of drug-likeness (QED) is 0.788. The Labute approximate surface area is 128 Å². The van der Waals surface area contributed by atoms with Crippen molar-refractivity contribution in [1.29, 1.82) is 0 Å². The van der Waals surface area contributed by atoms with Crippen LogP contribution in [-0.2, 0) is 19.4 Å². The van der Waals surface area contributed by atoms with Crippen molar-refractivity contribution >= 4 is 39.0 Å². The first-order valence-corrected chi connectivity index (χ1v) is 8.32. The molecule has 0 atom stereocenters. The van der Waals surface area contributed by atoms with Crippen molar-refractivity contribution in [2.75, 3.05) is 5.75 Å². The Morgan fingerprint density at radius 3 is 2.40 bits per heavy atom. The van der Waals surface area contributed by atoms with Gasteiger partial charge >= 0.3 is 5.97 Å². The van der Waals surface area contributed by atoms with Gasteiger partial charge in [0.15, 0.2) is 9.84 Å². The third-order valence-corrected chi connectivity index (χ3v) is 4.65. The highest BCUT2D eigenvalue weighted by Gasteiger charge is 2.22. The van der Waals surface area contributed by atoms with Crippen LogP contribution in [0.25, 0.3) is 0 Å². The zero-order valence-electron chi connectivity index (χ0n) is 11.4. The topological polar surface area (TPSA) is 60.4 Å². The minimum Gasteiger partial charge on any atom is -0.460 e. The minimum absolute atomic E-state index is 0.0739. The molecule has 0 spiro atoms. The largest absolute Gasteiger partial charge is 0.460 e. The lowest BCUT2D eigenvalue weighted by molar-refractivity contribution is -0.154. The lowest BCUT2D eigenvalue weighted by Crippen LogP contribution is -2.25. The van der Waals surface area contributed by atoms with E-state index >= 15 is 0 Å². The van der Waals surface area contributed by atoms with Crippen LogP contribution in [0.1, 0.15) is 27.2 Å². The first-order valence-electron chi connectivity index (χ1n) is 5.91. The normalized spacial score (nSPS) is 12.2. The molecule has 0 N–H and O–H groups in total. The fraction of sp³-hybridized carbons (Fsp3) is 0.462. The smallest absolute Gasteiger partial charge is 0.307 e. The molecule has 0 heterocycles. The summed E-state index contributed by atoms with van der Waals surface area (Å²) in [6.07, 6.45) is -0.234. The van der Waals surface area contributed by atoms with Crippen molar-refractivity contribution in [2.45, 2.75) is 37.7 Å². The summed E-state index contributed by atoms with van der Waals surface area (Å²) in [6.45, 7) is 5.15. The summed E-state index contributed by atoms with van der Waals surface area (Å²) < 4.78 is 29.3. The molecule has 20 heavy (non-hydrogen) atoms. The number of rotatable bonds is 4. The summed E-state index contributed by atoms with van der Waals surface area (Å²) in [6, 6.07) is 4.18. The molecule has 0 radical (unpaired) electrons. The van der Waals surface area contributed by atoms with Gasteiger partial charge in [-0.3, -0.25) is 4.79 Å². The number of carbonyl (C=O) groups excluding carboxylic acids is 1. The molecule has 0 aliphatic heterocycles. The van der Waals surface area contributed by atoms with E-state index in [0.717, 1.165) is 0 Å². The summed E-state index contributed by atoms with van der Waals surface area (Å²) in [5.41, 5.74) is -0.644. The van der Waals surface area contributed by atoms with Gasteiger partial charge in [-0.15, -0.1) is 0 Å². The molecule has 0 amide bonds. The van der Waals surface area contributed by atoms with Gasteiger partial charge in [0.25, 0.3) is 0 Å². The van der Waals surface area contributed by atoms with E-state index in [4.69, 9.17) is 27.9 Å². The second-order valence-corrected chi connectivity index (χ2v) is 8.15. The lowest BCUT2D eigenvalue weighted by atomic mass is 10.2. The van der Waals surface area contributed by atoms with Crippen molar-refractivity contribution in [1.82, 2.24) is 0 Å². The maximum atomic E-state index is 12.1. The molecule has 1 aromatic rings. The van der Waals surface area contributed by atoms with Gasteiger partial charge in [-0.25, -0.2) is 8.42 Å². The number of ether oxygens (including phenoxy) is 1. The minimum atomic E-state index is -3.68. The summed E-state index contributed by atoms with van der Waals surface area (Å²) in [4.78, 5) is 11.5. The Balaban J connectivity index is 2.81. The van der Waals surface area contributed by atoms with Crippen LogP contribution in [0.2, 0.25) is 10.0 Å². The first kappa shape index (κ1) is 17.3. The second-order valence-electron chi connectivity index (χ2n) is 5.23. The fourth-order valence-electron chi connectivity index (χ4n) is 1.44. The van der Waals surface area contributed by atoms with Crippen molar-refractivity contribution < 1.29 is 17.9 Å². The van der Waals surface area contributed by atoms with Crippen LogP contribution in [0.3, 0.4) is 0 Å². The number of carbonyl (C=O) groups is 1. The highest BCUT2D eigenvalue weighted by atomic mass is 35.5. The molecular weight excluding hydrogens is 323 g/mol. The standard InChI is InChI=1S/C13H16Cl2O4S/c1-13(2,3)19-12(16)6-7-20(17,18)11-8-9(14)4-5-10(11)15/h4-5,8H,6-7H2,1-3H3. The van der Waals surface area contributed by atoms with Crippen LogP contribution >= 0.6 is 23.2 Å². The SMILES string of the molecule is CC(C)(C)OC(=O)CCS(=O)(=O)c1cc(Cl)ccc1Cl. The van der Waals surface area contributed by atoms with Gasteiger partial charge in [0.2, 0.25) is 0 Å². The van der Waals surface area contributed by atoms with E-state index in [1.165, 1.54) is 18.2 Å². The summed E-state index contributed by atoms with van der Waals surface area (Å²) in [5, 5.41) is 0.351. The summed E-state index contributed by atoms with van der Waals surface area (Å²) >= 11 is 11.6. The molecule has 0 saturated heterocycles. The Kier molecular flexibility index (Phi) is 5.46. The molecule has 0 unspecified atom stereocenters. The molecule has 0 bridgehead atoms. The van der Waals surface area contributed by atoms with E-state index in [1.54, 1.807) is 20.8 Å². The van der Waals surface area contributed by atoms with Crippen LogP contribution in [0.15, 0.2) is 23.1 Å². The van der Waals surface area contributed by atoms with Gasteiger partial charge in [0.1, 0.15) is 5.60 Å². The summed E-state index contributed by atoms with van der Waals surface area (Å²) in [5.74, 6) is -0.943. The van der Waals surface area contributed by atoms with Crippen molar-refractivity contribution in [3.8, 4) is 0 Å². The van der Waals surface area contributed by atoms with E-state index in [2.05, 4.69) is 0 Å². The van der Waals surface area contributed by atoms with Crippen LogP contribution in [-0.4, -0.2) is 25.7 Å². The summed E-state index contributed by atoms with van der Waals surface area (Å²) in [7, 11) is -3.68. The van der Waals surface area contributed by atoms with E-state index in [0.29, 0.717) is 0 Å². The third kappa shape index (κ3) is 5.31. The monoisotopic (exact) mass is 338 g/mol. The maximum absolute atomic E-state index is 12.1. The zero-order chi connectivity index (χ0) is 15.6. The predicted molar refractivity (Wildman–Crippen MR) is 79.0 cm³/mol. The molecule has 0 saturated carbocycles. The molecule has 4 nitrogen and oxygen atoms in total. The lowest BCUT2D eigenvalue weighted by Gasteiger charge is -2.19. The first-order chi connectivity index (χ1) is 9.01. The Hall–Kier alpha value is -0.780. The van der Waals surface area contributed by atoms with Crippen molar-refractivity contribution in [3.63, 3.8) is 0 Å². The van der Waals surface area contributed by atoms with Gasteiger partial charge in [-0.2, -0.15) is 0 Å². The highest BCUT2D eigenvalue weighted by Crippen LogP contribution is 2.26. The maximum Gasteiger partial charge on any atom is 0.307 e. The number of hydrogen-bond acceptors (Lipinski definition) is 4. The molecule has 112 valence electrons. The highest BCUT2D eigenvalue weighted by molar-refractivity contribution is 7.91. The van der Waals surface area contributed by atoms with Gasteiger partial charge in [-0.1, -0.05) is 23.2 Å². The predicted octanol–water partition coefficient (Wildman–Crippen LogP) is 3.50.